The van der Waals surface area contributed by atoms with E-state index in [2.05, 4.69) is 39.3 Å². The maximum atomic E-state index is 12.4. The maximum Gasteiger partial charge on any atom is 0.255 e. The van der Waals surface area contributed by atoms with E-state index >= 15 is 0 Å². The molecule has 3 aromatic rings. The van der Waals surface area contributed by atoms with E-state index in [1.807, 2.05) is 12.1 Å². The van der Waals surface area contributed by atoms with E-state index in [-0.39, 0.29) is 5.91 Å². The van der Waals surface area contributed by atoms with Gasteiger partial charge in [0.15, 0.2) is 12.0 Å². The van der Waals surface area contributed by atoms with E-state index < -0.39 is 0 Å². The number of hydrogen-bond donors (Lipinski definition) is 1. The van der Waals surface area contributed by atoms with Crippen LogP contribution in [-0.4, -0.2) is 49.0 Å². The standard InChI is InChI=1S/C19H20N4O2/c1-22-8-10-23(11-9-22)16-5-3-15(4-6-16)21-19(24)14-2-7-18-17(12-14)20-13-25-18/h2-7,12-13H,8-11H2,1H3,(H,21,24). The number of carbonyl (C=O) groups is 1. The summed E-state index contributed by atoms with van der Waals surface area (Å²) in [5, 5.41) is 2.93. The summed E-state index contributed by atoms with van der Waals surface area (Å²) in [7, 11) is 2.15. The van der Waals surface area contributed by atoms with Gasteiger partial charge in [-0.2, -0.15) is 0 Å². The molecule has 0 aliphatic carbocycles. The first-order valence-electron chi connectivity index (χ1n) is 8.37. The van der Waals surface area contributed by atoms with Crippen molar-refractivity contribution >= 4 is 28.4 Å². The average molecular weight is 336 g/mol. The van der Waals surface area contributed by atoms with Crippen LogP contribution in [0.2, 0.25) is 0 Å². The summed E-state index contributed by atoms with van der Waals surface area (Å²) in [6.07, 6.45) is 1.38. The third-order valence-corrected chi connectivity index (χ3v) is 4.59. The van der Waals surface area contributed by atoms with Gasteiger partial charge in [-0.05, 0) is 49.5 Å². The summed E-state index contributed by atoms with van der Waals surface area (Å²) in [6.45, 7) is 4.20. The molecule has 1 amide bonds. The lowest BCUT2D eigenvalue weighted by Gasteiger charge is -2.34. The normalized spacial score (nSPS) is 15.5. The molecule has 0 atom stereocenters. The van der Waals surface area contributed by atoms with E-state index in [0.29, 0.717) is 16.7 Å². The smallest absolute Gasteiger partial charge is 0.255 e. The summed E-state index contributed by atoms with van der Waals surface area (Å²) >= 11 is 0. The zero-order valence-electron chi connectivity index (χ0n) is 14.1. The van der Waals surface area contributed by atoms with Crippen LogP contribution in [0.3, 0.4) is 0 Å². The molecular weight excluding hydrogens is 316 g/mol. The molecule has 1 saturated heterocycles. The number of rotatable bonds is 3. The van der Waals surface area contributed by atoms with Gasteiger partial charge in [0.05, 0.1) is 0 Å². The molecule has 6 heteroatoms. The third-order valence-electron chi connectivity index (χ3n) is 4.59. The van der Waals surface area contributed by atoms with Gasteiger partial charge in [0.25, 0.3) is 5.91 Å². The number of carbonyl (C=O) groups excluding carboxylic acids is 1. The van der Waals surface area contributed by atoms with Crippen LogP contribution >= 0.6 is 0 Å². The SMILES string of the molecule is CN1CCN(c2ccc(NC(=O)c3ccc4ocnc4c3)cc2)CC1. The predicted molar refractivity (Wildman–Crippen MR) is 98.1 cm³/mol. The summed E-state index contributed by atoms with van der Waals surface area (Å²) in [4.78, 5) is 21.2. The highest BCUT2D eigenvalue weighted by molar-refractivity contribution is 6.05. The second kappa shape index (κ2) is 6.57. The van der Waals surface area contributed by atoms with E-state index in [1.54, 1.807) is 18.2 Å². The number of nitrogens with zero attached hydrogens (tertiary/aromatic N) is 3. The molecule has 0 saturated carbocycles. The highest BCUT2D eigenvalue weighted by Crippen LogP contribution is 2.20. The minimum absolute atomic E-state index is 0.155. The molecule has 1 aliphatic heterocycles. The molecule has 0 bridgehead atoms. The molecule has 0 spiro atoms. The summed E-state index contributed by atoms with van der Waals surface area (Å²) in [5.74, 6) is -0.155. The molecule has 0 unspecified atom stereocenters. The Morgan fingerprint density at radius 1 is 1.08 bits per heavy atom. The van der Waals surface area contributed by atoms with Crippen molar-refractivity contribution in [2.45, 2.75) is 0 Å². The maximum absolute atomic E-state index is 12.4. The Morgan fingerprint density at radius 3 is 2.60 bits per heavy atom. The fourth-order valence-corrected chi connectivity index (χ4v) is 3.02. The van der Waals surface area contributed by atoms with Crippen molar-refractivity contribution in [3.8, 4) is 0 Å². The summed E-state index contributed by atoms with van der Waals surface area (Å²) in [6, 6.07) is 13.2. The minimum Gasteiger partial charge on any atom is -0.443 e. The number of anilines is 2. The second-order valence-electron chi connectivity index (χ2n) is 6.33. The first-order chi connectivity index (χ1) is 12.2. The minimum atomic E-state index is -0.155. The quantitative estimate of drug-likeness (QED) is 0.797. The highest BCUT2D eigenvalue weighted by Gasteiger charge is 2.14. The van der Waals surface area contributed by atoms with Crippen LogP contribution in [0.4, 0.5) is 11.4 Å². The number of oxazole rings is 1. The van der Waals surface area contributed by atoms with Gasteiger partial charge in [-0.25, -0.2) is 4.98 Å². The number of aromatic nitrogens is 1. The Labute approximate surface area is 146 Å². The molecule has 1 fully saturated rings. The second-order valence-corrected chi connectivity index (χ2v) is 6.33. The lowest BCUT2D eigenvalue weighted by molar-refractivity contribution is 0.102. The molecule has 1 aromatic heterocycles. The van der Waals surface area contributed by atoms with Crippen molar-refractivity contribution in [2.75, 3.05) is 43.4 Å². The van der Waals surface area contributed by atoms with Crippen LogP contribution in [0.1, 0.15) is 10.4 Å². The van der Waals surface area contributed by atoms with Gasteiger partial charge in [0.1, 0.15) is 5.52 Å². The summed E-state index contributed by atoms with van der Waals surface area (Å²) in [5.41, 5.74) is 3.88. The number of piperazine rings is 1. The number of hydrogen-bond acceptors (Lipinski definition) is 5. The molecule has 1 N–H and O–H groups in total. The van der Waals surface area contributed by atoms with Crippen LogP contribution in [0.25, 0.3) is 11.1 Å². The molecule has 0 radical (unpaired) electrons. The Hall–Kier alpha value is -2.86. The van der Waals surface area contributed by atoms with E-state index in [1.165, 1.54) is 12.1 Å². The fourth-order valence-electron chi connectivity index (χ4n) is 3.02. The number of likely N-dealkylation sites (N-methyl/N-ethyl adjacent to an activating group) is 1. The van der Waals surface area contributed by atoms with Crippen LogP contribution in [0, 0.1) is 0 Å². The molecule has 6 nitrogen and oxygen atoms in total. The number of fused-ring (bicyclic) bond motifs is 1. The zero-order chi connectivity index (χ0) is 17.2. The molecule has 128 valence electrons. The van der Waals surface area contributed by atoms with Gasteiger partial charge in [0, 0.05) is 43.1 Å². The molecule has 25 heavy (non-hydrogen) atoms. The molecule has 2 aromatic carbocycles. The molecular formula is C19H20N4O2. The Kier molecular flexibility index (Phi) is 4.11. The lowest BCUT2D eigenvalue weighted by atomic mass is 10.2. The Balaban J connectivity index is 1.44. The Bertz CT molecular complexity index is 880. The zero-order valence-corrected chi connectivity index (χ0v) is 14.1. The van der Waals surface area contributed by atoms with Gasteiger partial charge in [-0.3, -0.25) is 4.79 Å². The Morgan fingerprint density at radius 2 is 1.84 bits per heavy atom. The number of nitrogens with one attached hydrogen (secondary N) is 1. The molecule has 2 heterocycles. The molecule has 1 aliphatic rings. The van der Waals surface area contributed by atoms with Gasteiger partial charge in [-0.15, -0.1) is 0 Å². The largest absolute Gasteiger partial charge is 0.443 e. The van der Waals surface area contributed by atoms with Crippen molar-refractivity contribution in [2.24, 2.45) is 0 Å². The van der Waals surface area contributed by atoms with Gasteiger partial charge >= 0.3 is 0 Å². The number of amides is 1. The van der Waals surface area contributed by atoms with Gasteiger partial charge < -0.3 is 19.5 Å². The van der Waals surface area contributed by atoms with E-state index in [4.69, 9.17) is 4.42 Å². The van der Waals surface area contributed by atoms with Crippen molar-refractivity contribution in [3.05, 3.63) is 54.4 Å². The van der Waals surface area contributed by atoms with Crippen LogP contribution in [-0.2, 0) is 0 Å². The third kappa shape index (κ3) is 3.34. The van der Waals surface area contributed by atoms with Crippen LogP contribution in [0.15, 0.2) is 53.3 Å². The van der Waals surface area contributed by atoms with Crippen LogP contribution < -0.4 is 10.2 Å². The average Bonchev–Trinajstić information content (AvgIpc) is 3.11. The van der Waals surface area contributed by atoms with E-state index in [9.17, 15) is 4.79 Å². The van der Waals surface area contributed by atoms with Gasteiger partial charge in [-0.1, -0.05) is 0 Å². The van der Waals surface area contributed by atoms with Crippen molar-refractivity contribution in [1.29, 1.82) is 0 Å². The van der Waals surface area contributed by atoms with Crippen LogP contribution in [0.5, 0.6) is 0 Å². The number of benzene rings is 2. The van der Waals surface area contributed by atoms with Gasteiger partial charge in [0.2, 0.25) is 0 Å². The monoisotopic (exact) mass is 336 g/mol. The fraction of sp³-hybridized carbons (Fsp3) is 0.263. The summed E-state index contributed by atoms with van der Waals surface area (Å²) < 4.78 is 5.20. The topological polar surface area (TPSA) is 61.6 Å². The predicted octanol–water partition coefficient (Wildman–Crippen LogP) is 2.83. The van der Waals surface area contributed by atoms with E-state index in [0.717, 1.165) is 31.9 Å². The van der Waals surface area contributed by atoms with Crippen molar-refractivity contribution < 1.29 is 9.21 Å². The first kappa shape index (κ1) is 15.7. The van der Waals surface area contributed by atoms with Crippen molar-refractivity contribution in [3.63, 3.8) is 0 Å². The molecule has 4 rings (SSSR count). The van der Waals surface area contributed by atoms with Crippen molar-refractivity contribution in [1.82, 2.24) is 9.88 Å². The highest BCUT2D eigenvalue weighted by atomic mass is 16.3. The first-order valence-corrected chi connectivity index (χ1v) is 8.37. The lowest BCUT2D eigenvalue weighted by Crippen LogP contribution is -2.44.